The van der Waals surface area contributed by atoms with Crippen LogP contribution in [0.5, 0.6) is 11.5 Å². The average molecular weight is 505 g/mol. The van der Waals surface area contributed by atoms with E-state index in [0.717, 1.165) is 10.2 Å². The number of halogens is 1. The van der Waals surface area contributed by atoms with Crippen molar-refractivity contribution in [1.82, 2.24) is 0 Å². The molecule has 3 rings (SSSR count). The molecule has 29 heavy (non-hydrogen) atoms. The number of carbonyl (C=O) groups is 1. The Balaban J connectivity index is 2.08. The van der Waals surface area contributed by atoms with Crippen LogP contribution in [0.3, 0.4) is 0 Å². The van der Waals surface area contributed by atoms with E-state index in [1.807, 2.05) is 37.8 Å². The number of carbonyl (C=O) groups excluding carboxylic acids is 1. The van der Waals surface area contributed by atoms with Gasteiger partial charge in [-0.05, 0) is 36.2 Å². The number of fused-ring (bicyclic) bond motifs is 1. The van der Waals surface area contributed by atoms with Gasteiger partial charge in [-0.25, -0.2) is 8.42 Å². The lowest BCUT2D eigenvalue weighted by Crippen LogP contribution is -2.38. The largest absolute Gasteiger partial charge is 0.490 e. The summed E-state index contributed by atoms with van der Waals surface area (Å²) in [5.41, 5.74) is 0.719. The standard InChI is InChI=1S/C19H25BrN2O5S2/c1-4-7-18(23)21-19-22(14-10-29(24,25)11-17(14)28-19)13-9-16(27-6-3)15(26-5-2)8-12(13)20/h8-9,14,17H,4-7,10-11H2,1-3H3. The molecule has 0 aromatic heterocycles. The Labute approximate surface area is 184 Å². The summed E-state index contributed by atoms with van der Waals surface area (Å²) in [6, 6.07) is 3.37. The van der Waals surface area contributed by atoms with Crippen LogP contribution < -0.4 is 14.4 Å². The Morgan fingerprint density at radius 1 is 1.21 bits per heavy atom. The number of sulfone groups is 1. The molecule has 2 saturated heterocycles. The maximum absolute atomic E-state index is 12.2. The average Bonchev–Trinajstić information content (AvgIpc) is 3.09. The van der Waals surface area contributed by atoms with Gasteiger partial charge in [0.2, 0.25) is 5.91 Å². The van der Waals surface area contributed by atoms with Crippen molar-refractivity contribution in [3.63, 3.8) is 0 Å². The Kier molecular flexibility index (Phi) is 7.16. The van der Waals surface area contributed by atoms with E-state index in [0.29, 0.717) is 42.7 Å². The van der Waals surface area contributed by atoms with Gasteiger partial charge in [-0.2, -0.15) is 4.99 Å². The first-order valence-corrected chi connectivity index (χ1v) is 13.2. The molecule has 10 heteroatoms. The van der Waals surface area contributed by atoms with E-state index in [1.54, 1.807) is 0 Å². The summed E-state index contributed by atoms with van der Waals surface area (Å²) in [7, 11) is -3.13. The zero-order valence-electron chi connectivity index (χ0n) is 16.7. The van der Waals surface area contributed by atoms with Gasteiger partial charge in [0.25, 0.3) is 0 Å². The molecular formula is C19H25BrN2O5S2. The molecule has 0 saturated carbocycles. The molecule has 2 heterocycles. The Hall–Kier alpha value is -1.26. The molecule has 2 atom stereocenters. The van der Waals surface area contributed by atoms with Crippen LogP contribution in [0.2, 0.25) is 0 Å². The predicted molar refractivity (Wildman–Crippen MR) is 120 cm³/mol. The molecule has 2 aliphatic rings. The highest BCUT2D eigenvalue weighted by atomic mass is 79.9. The van der Waals surface area contributed by atoms with Crippen molar-refractivity contribution in [2.75, 3.05) is 29.6 Å². The molecule has 1 aromatic rings. The number of hydrogen-bond acceptors (Lipinski definition) is 6. The molecule has 160 valence electrons. The maximum atomic E-state index is 12.2. The lowest BCUT2D eigenvalue weighted by molar-refractivity contribution is -0.117. The van der Waals surface area contributed by atoms with E-state index >= 15 is 0 Å². The highest BCUT2D eigenvalue weighted by molar-refractivity contribution is 9.10. The first kappa shape index (κ1) is 22.4. The minimum Gasteiger partial charge on any atom is -0.490 e. The number of thioether (sulfide) groups is 1. The maximum Gasteiger partial charge on any atom is 0.248 e. The number of hydrogen-bond donors (Lipinski definition) is 0. The van der Waals surface area contributed by atoms with Crippen molar-refractivity contribution >= 4 is 54.3 Å². The Morgan fingerprint density at radius 2 is 1.86 bits per heavy atom. The van der Waals surface area contributed by atoms with Gasteiger partial charge >= 0.3 is 0 Å². The molecule has 0 radical (unpaired) electrons. The summed E-state index contributed by atoms with van der Waals surface area (Å²) < 4.78 is 36.6. The third kappa shape index (κ3) is 4.91. The molecule has 0 spiro atoms. The highest BCUT2D eigenvalue weighted by Crippen LogP contribution is 2.46. The minimum absolute atomic E-state index is 0.0370. The predicted octanol–water partition coefficient (Wildman–Crippen LogP) is 3.65. The van der Waals surface area contributed by atoms with Crippen LogP contribution in [0, 0.1) is 0 Å². The first-order valence-electron chi connectivity index (χ1n) is 9.66. The molecule has 1 aromatic carbocycles. The van der Waals surface area contributed by atoms with Crippen LogP contribution in [0.25, 0.3) is 0 Å². The van der Waals surface area contributed by atoms with Crippen molar-refractivity contribution in [2.45, 2.75) is 44.9 Å². The minimum atomic E-state index is -3.13. The molecule has 2 fully saturated rings. The normalized spacial score (nSPS) is 24.0. The summed E-state index contributed by atoms with van der Waals surface area (Å²) in [5, 5.41) is 0.392. The SMILES string of the molecule is CCCC(=O)N=C1SC2CS(=O)(=O)CC2N1c1cc(OCC)c(OCC)cc1Br. The zero-order chi connectivity index (χ0) is 21.2. The fraction of sp³-hybridized carbons (Fsp3) is 0.579. The lowest BCUT2D eigenvalue weighted by atomic mass is 10.2. The van der Waals surface area contributed by atoms with Crippen LogP contribution in [0.1, 0.15) is 33.6 Å². The fourth-order valence-corrected chi connectivity index (χ4v) is 7.91. The van der Waals surface area contributed by atoms with E-state index in [9.17, 15) is 13.2 Å². The van der Waals surface area contributed by atoms with E-state index < -0.39 is 9.84 Å². The number of amidine groups is 1. The molecular weight excluding hydrogens is 480 g/mol. The lowest BCUT2D eigenvalue weighted by Gasteiger charge is -2.27. The van der Waals surface area contributed by atoms with E-state index in [1.165, 1.54) is 11.8 Å². The van der Waals surface area contributed by atoms with Gasteiger partial charge in [-0.15, -0.1) is 0 Å². The van der Waals surface area contributed by atoms with Crippen molar-refractivity contribution in [2.24, 2.45) is 4.99 Å². The van der Waals surface area contributed by atoms with Gasteiger partial charge in [-0.3, -0.25) is 4.79 Å². The van der Waals surface area contributed by atoms with E-state index in [2.05, 4.69) is 20.9 Å². The van der Waals surface area contributed by atoms with E-state index in [4.69, 9.17) is 9.47 Å². The smallest absolute Gasteiger partial charge is 0.248 e. The number of anilines is 1. The number of nitrogens with zero attached hydrogens (tertiary/aromatic N) is 2. The number of ether oxygens (including phenoxy) is 2. The van der Waals surface area contributed by atoms with Gasteiger partial charge in [0, 0.05) is 28.3 Å². The summed E-state index contributed by atoms with van der Waals surface area (Å²) in [4.78, 5) is 18.4. The molecule has 0 aliphatic carbocycles. The van der Waals surface area contributed by atoms with Crippen molar-refractivity contribution in [3.05, 3.63) is 16.6 Å². The van der Waals surface area contributed by atoms with Crippen LogP contribution >= 0.6 is 27.7 Å². The second kappa shape index (κ2) is 9.26. The number of amides is 1. The number of benzene rings is 1. The quantitative estimate of drug-likeness (QED) is 0.559. The zero-order valence-corrected chi connectivity index (χ0v) is 19.9. The Morgan fingerprint density at radius 3 is 2.48 bits per heavy atom. The van der Waals surface area contributed by atoms with E-state index in [-0.39, 0.29) is 28.7 Å². The first-order chi connectivity index (χ1) is 13.8. The van der Waals surface area contributed by atoms with Crippen LogP contribution in [-0.4, -0.2) is 55.5 Å². The van der Waals surface area contributed by atoms with Crippen molar-refractivity contribution in [3.8, 4) is 11.5 Å². The summed E-state index contributed by atoms with van der Waals surface area (Å²) in [6.45, 7) is 6.67. The third-order valence-electron chi connectivity index (χ3n) is 4.62. The molecule has 2 unspecified atom stereocenters. The fourth-order valence-electron chi connectivity index (χ4n) is 3.47. The molecule has 0 bridgehead atoms. The third-order valence-corrected chi connectivity index (χ3v) is 8.47. The van der Waals surface area contributed by atoms with Crippen molar-refractivity contribution < 1.29 is 22.7 Å². The van der Waals surface area contributed by atoms with Gasteiger partial charge in [0.1, 0.15) is 0 Å². The summed E-state index contributed by atoms with van der Waals surface area (Å²) in [5.74, 6) is 1.10. The monoisotopic (exact) mass is 504 g/mol. The van der Waals surface area contributed by atoms with Crippen LogP contribution in [0.15, 0.2) is 21.6 Å². The topological polar surface area (TPSA) is 85.3 Å². The molecule has 2 aliphatic heterocycles. The highest BCUT2D eigenvalue weighted by Gasteiger charge is 2.50. The summed E-state index contributed by atoms with van der Waals surface area (Å²) in [6.07, 6.45) is 1.07. The van der Waals surface area contributed by atoms with Gasteiger partial charge in [-0.1, -0.05) is 18.7 Å². The van der Waals surface area contributed by atoms with Crippen molar-refractivity contribution in [1.29, 1.82) is 0 Å². The summed E-state index contributed by atoms with van der Waals surface area (Å²) >= 11 is 4.95. The van der Waals surface area contributed by atoms with Gasteiger partial charge < -0.3 is 14.4 Å². The Bertz CT molecular complexity index is 919. The van der Waals surface area contributed by atoms with Gasteiger partial charge in [0.15, 0.2) is 26.5 Å². The molecule has 1 amide bonds. The van der Waals surface area contributed by atoms with Gasteiger partial charge in [0.05, 0.1) is 36.4 Å². The number of rotatable bonds is 7. The van der Waals surface area contributed by atoms with Crippen LogP contribution in [-0.2, 0) is 14.6 Å². The molecule has 7 nitrogen and oxygen atoms in total. The second-order valence-corrected chi connectivity index (χ2v) is 11.0. The van der Waals surface area contributed by atoms with Crippen LogP contribution in [0.4, 0.5) is 5.69 Å². The number of aliphatic imine (C=N–C) groups is 1. The molecule has 0 N–H and O–H groups in total. The second-order valence-electron chi connectivity index (χ2n) is 6.83.